The lowest BCUT2D eigenvalue weighted by Crippen LogP contribution is -2.21. The molecule has 1 aromatic carbocycles. The molecule has 0 heteroatoms. The zero-order valence-electron chi connectivity index (χ0n) is 6.80. The summed E-state index contributed by atoms with van der Waals surface area (Å²) in [4.78, 5) is 0. The van der Waals surface area contributed by atoms with Crippen LogP contribution in [-0.2, 0) is 0 Å². The predicted molar refractivity (Wildman–Crippen MR) is 50.5 cm³/mol. The van der Waals surface area contributed by atoms with Gasteiger partial charge in [-0.15, -0.1) is 0 Å². The highest BCUT2D eigenvalue weighted by molar-refractivity contribution is 5.43. The second kappa shape index (κ2) is 3.20. The minimum atomic E-state index is 1.05. The Morgan fingerprint density at radius 1 is 1.36 bits per heavy atom. The molecule has 0 saturated heterocycles. The van der Waals surface area contributed by atoms with Gasteiger partial charge in [-0.1, -0.05) is 49.1 Å². The third-order valence-electron chi connectivity index (χ3n) is 1.46. The smallest absolute Gasteiger partial charge is 0.0188 e. The Labute approximate surface area is 67.2 Å². The Balaban J connectivity index is 3.36. The van der Waals surface area contributed by atoms with E-state index in [2.05, 4.69) is 13.2 Å². The summed E-state index contributed by atoms with van der Waals surface area (Å²) < 4.78 is 0. The topological polar surface area (TPSA) is 0 Å². The van der Waals surface area contributed by atoms with E-state index in [4.69, 9.17) is 0 Å². The number of rotatable bonds is 1. The predicted octanol–water partition coefficient (Wildman–Crippen LogP) is 1.45. The summed E-state index contributed by atoms with van der Waals surface area (Å²) in [5, 5.41) is 2.20. The first kappa shape index (κ1) is 7.80. The van der Waals surface area contributed by atoms with Gasteiger partial charge in [0.15, 0.2) is 0 Å². The van der Waals surface area contributed by atoms with Crippen molar-refractivity contribution in [1.82, 2.24) is 0 Å². The molecule has 0 spiro atoms. The van der Waals surface area contributed by atoms with Gasteiger partial charge in [-0.3, -0.25) is 0 Å². The summed E-state index contributed by atoms with van der Waals surface area (Å²) in [6.07, 6.45) is 2.03. The minimum Gasteiger partial charge on any atom is -0.0961 e. The Morgan fingerprint density at radius 2 is 2.00 bits per heavy atom. The summed E-state index contributed by atoms with van der Waals surface area (Å²) in [5.41, 5.74) is 1.06. The molecule has 1 rings (SSSR count). The van der Waals surface area contributed by atoms with Gasteiger partial charge in [0.1, 0.15) is 0 Å². The van der Waals surface area contributed by atoms with Gasteiger partial charge in [0, 0.05) is 0 Å². The van der Waals surface area contributed by atoms with Crippen LogP contribution in [0.1, 0.15) is 6.92 Å². The summed E-state index contributed by atoms with van der Waals surface area (Å²) in [5.74, 6) is 0. The van der Waals surface area contributed by atoms with E-state index in [0.29, 0.717) is 0 Å². The van der Waals surface area contributed by atoms with Gasteiger partial charge in [-0.05, 0) is 17.4 Å². The van der Waals surface area contributed by atoms with Crippen LogP contribution in [0.3, 0.4) is 0 Å². The van der Waals surface area contributed by atoms with E-state index in [1.54, 1.807) is 0 Å². The van der Waals surface area contributed by atoms with Crippen LogP contribution in [-0.4, -0.2) is 0 Å². The fourth-order valence-electron chi connectivity index (χ4n) is 0.940. The van der Waals surface area contributed by atoms with Crippen molar-refractivity contribution in [2.24, 2.45) is 0 Å². The Hall–Kier alpha value is -1.30. The first-order valence-corrected chi connectivity index (χ1v) is 3.61. The van der Waals surface area contributed by atoms with E-state index in [1.807, 2.05) is 37.3 Å². The molecular weight excluding hydrogens is 132 g/mol. The fourth-order valence-corrected chi connectivity index (χ4v) is 0.940. The van der Waals surface area contributed by atoms with Gasteiger partial charge in [-0.25, -0.2) is 0 Å². The zero-order chi connectivity index (χ0) is 8.27. The van der Waals surface area contributed by atoms with Crippen LogP contribution >= 0.6 is 0 Å². The second-order valence-electron chi connectivity index (χ2n) is 2.69. The molecule has 56 valence electrons. The normalized spacial score (nSPS) is 11.5. The number of hydrogen-bond acceptors (Lipinski definition) is 0. The molecule has 0 nitrogen and oxygen atoms in total. The van der Waals surface area contributed by atoms with Crippen molar-refractivity contribution in [3.05, 3.63) is 46.9 Å². The molecule has 0 bridgehead atoms. The standard InChI is InChI=1S/C11H12/c1-9(2)8-11-7-5-4-6-10(11)3/h4-8H,1,3H2,2H3. The average molecular weight is 144 g/mol. The molecule has 0 fully saturated rings. The van der Waals surface area contributed by atoms with E-state index in [0.717, 1.165) is 16.0 Å². The first-order chi connectivity index (χ1) is 5.20. The van der Waals surface area contributed by atoms with Crippen molar-refractivity contribution in [2.75, 3.05) is 0 Å². The maximum absolute atomic E-state index is 3.90. The van der Waals surface area contributed by atoms with Crippen molar-refractivity contribution in [2.45, 2.75) is 6.92 Å². The lowest BCUT2D eigenvalue weighted by molar-refractivity contribution is 1.50. The van der Waals surface area contributed by atoms with Crippen LogP contribution in [0.5, 0.6) is 0 Å². The van der Waals surface area contributed by atoms with Crippen LogP contribution in [0.25, 0.3) is 12.7 Å². The molecule has 0 heterocycles. The highest BCUT2D eigenvalue weighted by Gasteiger charge is 1.79. The highest BCUT2D eigenvalue weighted by atomic mass is 13.8. The van der Waals surface area contributed by atoms with Crippen molar-refractivity contribution in [1.29, 1.82) is 0 Å². The Bertz CT molecular complexity index is 358. The van der Waals surface area contributed by atoms with Gasteiger partial charge in [0.25, 0.3) is 0 Å². The lowest BCUT2D eigenvalue weighted by Gasteiger charge is -1.88. The summed E-state index contributed by atoms with van der Waals surface area (Å²) in [6.45, 7) is 9.69. The molecule has 0 atom stereocenters. The second-order valence-corrected chi connectivity index (χ2v) is 2.69. The lowest BCUT2D eigenvalue weighted by atomic mass is 10.2. The van der Waals surface area contributed by atoms with Gasteiger partial charge in [0.05, 0.1) is 0 Å². The highest BCUT2D eigenvalue weighted by Crippen LogP contribution is 1.84. The fraction of sp³-hybridized carbons (Fsp3) is 0.0909. The Morgan fingerprint density at radius 3 is 2.55 bits per heavy atom. The van der Waals surface area contributed by atoms with E-state index >= 15 is 0 Å². The van der Waals surface area contributed by atoms with Gasteiger partial charge < -0.3 is 0 Å². The van der Waals surface area contributed by atoms with E-state index in [9.17, 15) is 0 Å². The maximum Gasteiger partial charge on any atom is -0.0188 e. The molecule has 0 amide bonds. The molecule has 0 unspecified atom stereocenters. The van der Waals surface area contributed by atoms with Gasteiger partial charge >= 0.3 is 0 Å². The van der Waals surface area contributed by atoms with Crippen LogP contribution in [0.2, 0.25) is 0 Å². The molecule has 0 N–H and O–H groups in total. The van der Waals surface area contributed by atoms with Crippen molar-refractivity contribution in [3.8, 4) is 0 Å². The monoisotopic (exact) mass is 144 g/mol. The summed E-state index contributed by atoms with van der Waals surface area (Å²) in [6, 6.07) is 8.02. The van der Waals surface area contributed by atoms with Gasteiger partial charge in [-0.2, -0.15) is 0 Å². The first-order valence-electron chi connectivity index (χ1n) is 3.61. The molecule has 0 aromatic heterocycles. The van der Waals surface area contributed by atoms with Crippen molar-refractivity contribution in [3.63, 3.8) is 0 Å². The number of benzene rings is 1. The molecule has 0 radical (unpaired) electrons. The Kier molecular flexibility index (Phi) is 2.27. The minimum absolute atomic E-state index is 1.05. The molecule has 0 aliphatic heterocycles. The SMILES string of the molecule is C=C(C)C=c1ccccc1=C. The van der Waals surface area contributed by atoms with Crippen LogP contribution in [0, 0.1) is 0 Å². The van der Waals surface area contributed by atoms with E-state index in [-0.39, 0.29) is 0 Å². The largest absolute Gasteiger partial charge is 0.0961 e. The molecule has 0 saturated carbocycles. The van der Waals surface area contributed by atoms with Gasteiger partial charge in [0.2, 0.25) is 0 Å². The molecular formula is C11H12. The number of hydrogen-bond donors (Lipinski definition) is 0. The molecule has 0 aliphatic rings. The average Bonchev–Trinajstić information content (AvgIpc) is 1.93. The van der Waals surface area contributed by atoms with Crippen LogP contribution < -0.4 is 10.4 Å². The maximum atomic E-state index is 3.90. The summed E-state index contributed by atoms with van der Waals surface area (Å²) in [7, 11) is 0. The van der Waals surface area contributed by atoms with Crippen molar-refractivity contribution >= 4 is 12.7 Å². The molecule has 1 aromatic rings. The van der Waals surface area contributed by atoms with Crippen molar-refractivity contribution < 1.29 is 0 Å². The quantitative estimate of drug-likeness (QED) is 0.559. The molecule has 0 aliphatic carbocycles. The number of allylic oxidation sites excluding steroid dienone is 1. The summed E-state index contributed by atoms with van der Waals surface area (Å²) >= 11 is 0. The van der Waals surface area contributed by atoms with E-state index < -0.39 is 0 Å². The van der Waals surface area contributed by atoms with Crippen LogP contribution in [0.4, 0.5) is 0 Å². The molecule has 11 heavy (non-hydrogen) atoms. The third-order valence-corrected chi connectivity index (χ3v) is 1.46. The third kappa shape index (κ3) is 2.08. The van der Waals surface area contributed by atoms with E-state index in [1.165, 1.54) is 0 Å². The van der Waals surface area contributed by atoms with Crippen LogP contribution in [0.15, 0.2) is 36.4 Å². The zero-order valence-corrected chi connectivity index (χ0v) is 6.80.